The number of unbranched alkanes of at least 4 members (excludes halogenated alkanes) is 1. The van der Waals surface area contributed by atoms with Crippen LogP contribution in [0.15, 0.2) is 88.2 Å². The monoisotopic (exact) mass is 711 g/mol. The Morgan fingerprint density at radius 3 is 2.32 bits per heavy atom. The van der Waals surface area contributed by atoms with Crippen LogP contribution < -0.4 is 9.62 Å². The first-order valence-corrected chi connectivity index (χ1v) is 15.6. The Morgan fingerprint density at radius 2 is 1.68 bits per heavy atom. The fourth-order valence-electron chi connectivity index (χ4n) is 3.81. The van der Waals surface area contributed by atoms with Crippen molar-refractivity contribution in [2.45, 2.75) is 44.2 Å². The van der Waals surface area contributed by atoms with Gasteiger partial charge in [0.1, 0.15) is 12.6 Å². The molecule has 3 rings (SSSR count). The highest BCUT2D eigenvalue weighted by Crippen LogP contribution is 2.25. The van der Waals surface area contributed by atoms with Gasteiger partial charge in [0.25, 0.3) is 10.0 Å². The van der Waals surface area contributed by atoms with Gasteiger partial charge < -0.3 is 10.2 Å². The van der Waals surface area contributed by atoms with E-state index in [0.717, 1.165) is 30.8 Å². The van der Waals surface area contributed by atoms with E-state index >= 15 is 0 Å². The largest absolute Gasteiger partial charge is 0.354 e. The molecule has 3 aromatic rings. The molecule has 1 unspecified atom stereocenters. The third kappa shape index (κ3) is 8.03. The summed E-state index contributed by atoms with van der Waals surface area (Å²) in [5, 5.41) is 2.89. The Hall–Kier alpha value is -2.44. The van der Waals surface area contributed by atoms with Gasteiger partial charge in [-0.2, -0.15) is 0 Å². The molecule has 38 heavy (non-hydrogen) atoms. The molecule has 0 aromatic heterocycles. The summed E-state index contributed by atoms with van der Waals surface area (Å²) in [6.07, 6.45) is 1.76. The van der Waals surface area contributed by atoms with E-state index in [2.05, 4.69) is 43.8 Å². The lowest BCUT2D eigenvalue weighted by Crippen LogP contribution is -2.51. The smallest absolute Gasteiger partial charge is 0.264 e. The van der Waals surface area contributed by atoms with Crippen molar-refractivity contribution >= 4 is 66.0 Å². The minimum absolute atomic E-state index is 0.0789. The Labute approximate surface area is 246 Å². The Balaban J connectivity index is 1.98. The maximum Gasteiger partial charge on any atom is 0.264 e. The van der Waals surface area contributed by atoms with Crippen LogP contribution in [0.4, 0.5) is 5.69 Å². The number of benzene rings is 3. The highest BCUT2D eigenvalue weighted by Gasteiger charge is 2.32. The minimum Gasteiger partial charge on any atom is -0.354 e. The summed E-state index contributed by atoms with van der Waals surface area (Å²) in [6.45, 7) is 3.89. The van der Waals surface area contributed by atoms with Crippen molar-refractivity contribution in [2.24, 2.45) is 0 Å². The van der Waals surface area contributed by atoms with Gasteiger partial charge in [0, 0.05) is 21.1 Å². The SMILES string of the molecule is CCCCNC(=O)C(C)N(Cc1cccc(Br)c1)C(=O)CN(c1ccc(I)cc1)S(=O)(=O)c1ccccc1. The summed E-state index contributed by atoms with van der Waals surface area (Å²) in [4.78, 5) is 28.4. The summed E-state index contributed by atoms with van der Waals surface area (Å²) in [6, 6.07) is 21.6. The number of sulfonamides is 1. The van der Waals surface area contributed by atoms with E-state index in [0.29, 0.717) is 12.2 Å². The number of hydrogen-bond donors (Lipinski definition) is 1. The van der Waals surface area contributed by atoms with Crippen molar-refractivity contribution < 1.29 is 18.0 Å². The molecule has 0 saturated heterocycles. The van der Waals surface area contributed by atoms with E-state index in [4.69, 9.17) is 0 Å². The molecule has 0 heterocycles. The van der Waals surface area contributed by atoms with E-state index in [9.17, 15) is 18.0 Å². The van der Waals surface area contributed by atoms with E-state index in [1.165, 1.54) is 17.0 Å². The van der Waals surface area contributed by atoms with Crippen LogP contribution in [0.3, 0.4) is 0 Å². The third-order valence-electron chi connectivity index (χ3n) is 5.96. The van der Waals surface area contributed by atoms with Crippen molar-refractivity contribution in [3.05, 3.63) is 92.5 Å². The Bertz CT molecular complexity index is 1340. The fraction of sp³-hybridized carbons (Fsp3) is 0.286. The molecule has 202 valence electrons. The predicted octanol–water partition coefficient (Wildman–Crippen LogP) is 5.58. The number of halogens is 2. The third-order valence-corrected chi connectivity index (χ3v) is 8.96. The second kappa shape index (κ2) is 14.1. The van der Waals surface area contributed by atoms with Crippen LogP contribution in [-0.2, 0) is 26.2 Å². The van der Waals surface area contributed by atoms with E-state index in [1.807, 2.05) is 31.2 Å². The van der Waals surface area contributed by atoms with Crippen molar-refractivity contribution in [1.29, 1.82) is 0 Å². The van der Waals surface area contributed by atoms with Crippen LogP contribution in [0.1, 0.15) is 32.3 Å². The maximum atomic E-state index is 13.9. The minimum atomic E-state index is -4.06. The molecule has 0 saturated carbocycles. The Morgan fingerprint density at radius 1 is 1.00 bits per heavy atom. The van der Waals surface area contributed by atoms with Gasteiger partial charge in [0.15, 0.2) is 0 Å². The quantitative estimate of drug-likeness (QED) is 0.196. The highest BCUT2D eigenvalue weighted by atomic mass is 127. The first-order chi connectivity index (χ1) is 18.1. The van der Waals surface area contributed by atoms with Gasteiger partial charge in [0.2, 0.25) is 11.8 Å². The summed E-state index contributed by atoms with van der Waals surface area (Å²) in [5.74, 6) is -0.769. The van der Waals surface area contributed by atoms with Crippen LogP contribution in [0, 0.1) is 3.57 Å². The average molecular weight is 712 g/mol. The van der Waals surface area contributed by atoms with Gasteiger partial charge in [0.05, 0.1) is 10.6 Å². The van der Waals surface area contributed by atoms with Crippen molar-refractivity contribution in [3.63, 3.8) is 0 Å². The van der Waals surface area contributed by atoms with Crippen LogP contribution >= 0.6 is 38.5 Å². The normalized spacial score (nSPS) is 12.0. The van der Waals surface area contributed by atoms with E-state index in [1.54, 1.807) is 49.4 Å². The molecule has 10 heteroatoms. The van der Waals surface area contributed by atoms with Gasteiger partial charge in [-0.3, -0.25) is 13.9 Å². The molecule has 0 bridgehead atoms. The van der Waals surface area contributed by atoms with E-state index < -0.39 is 28.5 Å². The molecule has 2 amide bonds. The van der Waals surface area contributed by atoms with Crippen molar-refractivity contribution in [3.8, 4) is 0 Å². The number of carbonyl (C=O) groups is 2. The summed E-state index contributed by atoms with van der Waals surface area (Å²) in [5.41, 5.74) is 1.18. The molecule has 0 spiro atoms. The summed E-state index contributed by atoms with van der Waals surface area (Å²) >= 11 is 5.60. The molecule has 0 radical (unpaired) electrons. The van der Waals surface area contributed by atoms with Crippen LogP contribution in [-0.4, -0.2) is 44.3 Å². The van der Waals surface area contributed by atoms with Gasteiger partial charge >= 0.3 is 0 Å². The van der Waals surface area contributed by atoms with Crippen LogP contribution in [0.2, 0.25) is 0 Å². The number of amides is 2. The lowest BCUT2D eigenvalue weighted by atomic mass is 10.1. The van der Waals surface area contributed by atoms with Crippen molar-refractivity contribution in [1.82, 2.24) is 10.2 Å². The van der Waals surface area contributed by atoms with Crippen LogP contribution in [0.5, 0.6) is 0 Å². The molecule has 1 atom stereocenters. The van der Waals surface area contributed by atoms with Gasteiger partial charge in [-0.05, 0) is 90.0 Å². The molecule has 0 fully saturated rings. The lowest BCUT2D eigenvalue weighted by Gasteiger charge is -2.32. The molecule has 0 aliphatic rings. The zero-order chi connectivity index (χ0) is 27.7. The first-order valence-electron chi connectivity index (χ1n) is 12.3. The second-order valence-corrected chi connectivity index (χ2v) is 12.8. The molecular weight excluding hydrogens is 681 g/mol. The van der Waals surface area contributed by atoms with Gasteiger partial charge in [-0.15, -0.1) is 0 Å². The van der Waals surface area contributed by atoms with Crippen molar-refractivity contribution in [2.75, 3.05) is 17.4 Å². The molecule has 0 aliphatic heterocycles. The second-order valence-electron chi connectivity index (χ2n) is 8.77. The first kappa shape index (κ1) is 30.1. The number of carbonyl (C=O) groups excluding carboxylic acids is 2. The Kier molecular flexibility index (Phi) is 11.2. The number of nitrogens with zero attached hydrogens (tertiary/aromatic N) is 2. The fourth-order valence-corrected chi connectivity index (χ4v) is 6.05. The van der Waals surface area contributed by atoms with Gasteiger partial charge in [-0.25, -0.2) is 8.42 Å². The zero-order valence-corrected chi connectivity index (χ0v) is 25.9. The molecule has 1 N–H and O–H groups in total. The van der Waals surface area contributed by atoms with Crippen LogP contribution in [0.25, 0.3) is 0 Å². The molecule has 7 nitrogen and oxygen atoms in total. The number of nitrogens with one attached hydrogen (secondary N) is 1. The molecule has 3 aromatic carbocycles. The average Bonchev–Trinajstić information content (AvgIpc) is 2.91. The number of anilines is 1. The number of rotatable bonds is 12. The topological polar surface area (TPSA) is 86.8 Å². The summed E-state index contributed by atoms with van der Waals surface area (Å²) in [7, 11) is -4.06. The standard InChI is InChI=1S/C28H31BrIN3O4S/c1-3-4-17-31-28(35)21(2)32(19-22-9-8-10-23(29)18-22)27(34)20-33(25-15-13-24(30)14-16-25)38(36,37)26-11-6-5-7-12-26/h5-16,18,21H,3-4,17,19-20H2,1-2H3,(H,31,35). The van der Waals surface area contributed by atoms with E-state index in [-0.39, 0.29) is 17.3 Å². The zero-order valence-electron chi connectivity index (χ0n) is 21.3. The highest BCUT2D eigenvalue weighted by molar-refractivity contribution is 14.1. The maximum absolute atomic E-state index is 13.9. The van der Waals surface area contributed by atoms with Gasteiger partial charge in [-0.1, -0.05) is 59.6 Å². The predicted molar refractivity (Wildman–Crippen MR) is 162 cm³/mol. The number of hydrogen-bond acceptors (Lipinski definition) is 4. The molecular formula is C28H31BrIN3O4S. The molecule has 0 aliphatic carbocycles. The summed E-state index contributed by atoms with van der Waals surface area (Å²) < 4.78 is 30.3. The lowest BCUT2D eigenvalue weighted by molar-refractivity contribution is -0.139.